The van der Waals surface area contributed by atoms with E-state index in [0.717, 1.165) is 12.3 Å². The normalized spacial score (nSPS) is 10.6. The van der Waals surface area contributed by atoms with Crippen LogP contribution in [0.5, 0.6) is 0 Å². The van der Waals surface area contributed by atoms with Crippen molar-refractivity contribution in [2.75, 3.05) is 0 Å². The number of carboxylic acid groups (broad SMARTS) is 1. The van der Waals surface area contributed by atoms with Gasteiger partial charge < -0.3 is 5.11 Å². The van der Waals surface area contributed by atoms with Crippen molar-refractivity contribution in [1.29, 1.82) is 0 Å². The number of hydrogen-bond donors (Lipinski definition) is 1. The lowest BCUT2D eigenvalue weighted by molar-refractivity contribution is -0.136. The molecule has 1 aromatic rings. The zero-order valence-corrected chi connectivity index (χ0v) is 7.63. The molecule has 14 heavy (non-hydrogen) atoms. The van der Waals surface area contributed by atoms with E-state index in [0.29, 0.717) is 0 Å². The van der Waals surface area contributed by atoms with Gasteiger partial charge in [-0.15, -0.1) is 0 Å². The maximum Gasteiger partial charge on any atom is 0.307 e. The van der Waals surface area contributed by atoms with Crippen LogP contribution in [0.25, 0.3) is 0 Å². The van der Waals surface area contributed by atoms with Crippen LogP contribution in [0.4, 0.5) is 8.78 Å². The Morgan fingerprint density at radius 1 is 1.64 bits per heavy atom. The third kappa shape index (κ3) is 2.63. The largest absolute Gasteiger partial charge is 0.481 e. The second-order valence-corrected chi connectivity index (χ2v) is 2.95. The van der Waals surface area contributed by atoms with Gasteiger partial charge in [0.2, 0.25) is 0 Å². The molecule has 0 aliphatic heterocycles. The van der Waals surface area contributed by atoms with Crippen molar-refractivity contribution in [3.63, 3.8) is 0 Å². The third-order valence-electron chi connectivity index (χ3n) is 1.53. The molecule has 0 unspecified atom stereocenters. The van der Waals surface area contributed by atoms with Gasteiger partial charge in [0.1, 0.15) is 5.15 Å². The zero-order valence-electron chi connectivity index (χ0n) is 6.88. The Labute approximate surface area is 83.3 Å². The van der Waals surface area contributed by atoms with Crippen LogP contribution in [0, 0.1) is 0 Å². The summed E-state index contributed by atoms with van der Waals surface area (Å²) < 4.78 is 24.4. The number of alkyl halides is 2. The van der Waals surface area contributed by atoms with Gasteiger partial charge in [-0.3, -0.25) is 4.79 Å². The van der Waals surface area contributed by atoms with E-state index in [4.69, 9.17) is 16.7 Å². The van der Waals surface area contributed by atoms with E-state index in [-0.39, 0.29) is 16.3 Å². The molecule has 1 aromatic heterocycles. The molecule has 0 aliphatic carbocycles. The summed E-state index contributed by atoms with van der Waals surface area (Å²) >= 11 is 5.53. The number of hydrogen-bond acceptors (Lipinski definition) is 2. The number of rotatable bonds is 3. The fourth-order valence-electron chi connectivity index (χ4n) is 0.918. The summed E-state index contributed by atoms with van der Waals surface area (Å²) in [6, 6.07) is 1.05. The van der Waals surface area contributed by atoms with E-state index in [1.165, 1.54) is 0 Å². The molecule has 0 fully saturated rings. The van der Waals surface area contributed by atoms with Crippen LogP contribution in [0.1, 0.15) is 17.6 Å². The first kappa shape index (κ1) is 10.8. The van der Waals surface area contributed by atoms with E-state index in [9.17, 15) is 13.6 Å². The molecule has 0 saturated carbocycles. The zero-order chi connectivity index (χ0) is 10.7. The van der Waals surface area contributed by atoms with Crippen LogP contribution in [-0.4, -0.2) is 16.1 Å². The van der Waals surface area contributed by atoms with Crippen molar-refractivity contribution in [2.24, 2.45) is 0 Å². The van der Waals surface area contributed by atoms with Crippen molar-refractivity contribution in [3.8, 4) is 0 Å². The van der Waals surface area contributed by atoms with E-state index in [1.807, 2.05) is 0 Å². The third-order valence-corrected chi connectivity index (χ3v) is 1.87. The van der Waals surface area contributed by atoms with Crippen molar-refractivity contribution in [1.82, 2.24) is 4.98 Å². The fraction of sp³-hybridized carbons (Fsp3) is 0.250. The van der Waals surface area contributed by atoms with Gasteiger partial charge in [0.25, 0.3) is 6.43 Å². The summed E-state index contributed by atoms with van der Waals surface area (Å²) in [5.41, 5.74) is -0.234. The number of aromatic nitrogens is 1. The number of aliphatic carboxylic acids is 1. The smallest absolute Gasteiger partial charge is 0.307 e. The van der Waals surface area contributed by atoms with Crippen LogP contribution < -0.4 is 0 Å². The second kappa shape index (κ2) is 4.32. The Morgan fingerprint density at radius 2 is 2.29 bits per heavy atom. The van der Waals surface area contributed by atoms with Crippen molar-refractivity contribution in [3.05, 3.63) is 28.5 Å². The van der Waals surface area contributed by atoms with Crippen molar-refractivity contribution >= 4 is 17.6 Å². The first-order chi connectivity index (χ1) is 6.50. The van der Waals surface area contributed by atoms with Crippen LogP contribution >= 0.6 is 11.6 Å². The quantitative estimate of drug-likeness (QED) is 0.797. The number of nitrogens with zero attached hydrogens (tertiary/aromatic N) is 1. The van der Waals surface area contributed by atoms with E-state index in [2.05, 4.69) is 4.98 Å². The molecule has 0 spiro atoms. The molecular formula is C8H6ClF2NO2. The number of pyridine rings is 1. The number of carboxylic acids is 1. The van der Waals surface area contributed by atoms with Crippen molar-refractivity contribution in [2.45, 2.75) is 12.8 Å². The molecule has 0 aliphatic rings. The maximum atomic E-state index is 12.2. The highest BCUT2D eigenvalue weighted by molar-refractivity contribution is 6.30. The first-order valence-electron chi connectivity index (χ1n) is 3.65. The Bertz CT molecular complexity index is 357. The van der Waals surface area contributed by atoms with E-state index in [1.54, 1.807) is 0 Å². The van der Waals surface area contributed by atoms with Gasteiger partial charge in [-0.2, -0.15) is 0 Å². The lowest BCUT2D eigenvalue weighted by Crippen LogP contribution is -2.02. The SMILES string of the molecule is O=C(O)Cc1cc(C(F)F)cnc1Cl. The maximum absolute atomic E-state index is 12.2. The average Bonchev–Trinajstić information content (AvgIpc) is 2.07. The number of halogens is 3. The lowest BCUT2D eigenvalue weighted by Gasteiger charge is -2.03. The summed E-state index contributed by atoms with van der Waals surface area (Å²) in [6.07, 6.45) is -2.16. The minimum atomic E-state index is -2.67. The summed E-state index contributed by atoms with van der Waals surface area (Å²) in [4.78, 5) is 13.8. The summed E-state index contributed by atoms with van der Waals surface area (Å²) in [5.74, 6) is -1.14. The van der Waals surface area contributed by atoms with Gasteiger partial charge >= 0.3 is 5.97 Å². The summed E-state index contributed by atoms with van der Waals surface area (Å²) in [6.45, 7) is 0. The molecule has 0 radical (unpaired) electrons. The Hall–Kier alpha value is -1.23. The van der Waals surface area contributed by atoms with Crippen LogP contribution in [0.15, 0.2) is 12.3 Å². The molecule has 76 valence electrons. The Balaban J connectivity index is 3.02. The highest BCUT2D eigenvalue weighted by Gasteiger charge is 2.12. The molecule has 0 aromatic carbocycles. The van der Waals surface area contributed by atoms with Gasteiger partial charge in [0.15, 0.2) is 0 Å². The van der Waals surface area contributed by atoms with Gasteiger partial charge in [0, 0.05) is 17.3 Å². The monoisotopic (exact) mass is 221 g/mol. The van der Waals surface area contributed by atoms with Crippen LogP contribution in [0.2, 0.25) is 5.15 Å². The van der Waals surface area contributed by atoms with Gasteiger partial charge in [0.05, 0.1) is 6.42 Å². The highest BCUT2D eigenvalue weighted by atomic mass is 35.5. The predicted octanol–water partition coefficient (Wildman–Crippen LogP) is 2.30. The second-order valence-electron chi connectivity index (χ2n) is 2.59. The molecule has 1 N–H and O–H groups in total. The minimum Gasteiger partial charge on any atom is -0.481 e. The Morgan fingerprint density at radius 3 is 2.79 bits per heavy atom. The van der Waals surface area contributed by atoms with Gasteiger partial charge in [-0.05, 0) is 6.07 Å². The van der Waals surface area contributed by atoms with Crippen LogP contribution in [0.3, 0.4) is 0 Å². The fourth-order valence-corrected chi connectivity index (χ4v) is 1.09. The van der Waals surface area contributed by atoms with Gasteiger partial charge in [-0.25, -0.2) is 13.8 Å². The predicted molar refractivity (Wildman–Crippen MR) is 45.5 cm³/mol. The van der Waals surface area contributed by atoms with Crippen LogP contribution in [-0.2, 0) is 11.2 Å². The molecular weight excluding hydrogens is 216 g/mol. The standard InChI is InChI=1S/C8H6ClF2NO2/c9-7-4(2-6(13)14)1-5(3-12-7)8(10)11/h1,3,8H,2H2,(H,13,14). The topological polar surface area (TPSA) is 50.2 Å². The summed E-state index contributed by atoms with van der Waals surface area (Å²) in [5, 5.41) is 8.39. The van der Waals surface area contributed by atoms with Gasteiger partial charge in [-0.1, -0.05) is 11.6 Å². The molecule has 6 heteroatoms. The molecule has 0 amide bonds. The molecule has 3 nitrogen and oxygen atoms in total. The minimum absolute atomic E-state index is 0.0585. The van der Waals surface area contributed by atoms with E-state index < -0.39 is 18.8 Å². The molecule has 0 saturated heterocycles. The average molecular weight is 222 g/mol. The molecule has 1 heterocycles. The summed E-state index contributed by atoms with van der Waals surface area (Å²) in [7, 11) is 0. The molecule has 1 rings (SSSR count). The Kier molecular flexibility index (Phi) is 3.35. The first-order valence-corrected chi connectivity index (χ1v) is 4.02. The number of carbonyl (C=O) groups is 1. The highest BCUT2D eigenvalue weighted by Crippen LogP contribution is 2.22. The van der Waals surface area contributed by atoms with Crippen molar-refractivity contribution < 1.29 is 18.7 Å². The lowest BCUT2D eigenvalue weighted by atomic mass is 10.1. The van der Waals surface area contributed by atoms with E-state index >= 15 is 0 Å². The molecule has 0 bridgehead atoms. The molecule has 0 atom stereocenters.